The zero-order chi connectivity index (χ0) is 20.8. The molecule has 0 unspecified atom stereocenters. The molecule has 0 bridgehead atoms. The molecule has 1 amide bonds. The number of methoxy groups -OCH3 is 1. The van der Waals surface area contributed by atoms with Crippen LogP contribution in [-0.2, 0) is 0 Å². The molecule has 0 atom stereocenters. The smallest absolute Gasteiger partial charge is 0.272 e. The fraction of sp³-hybridized carbons (Fsp3) is 0.0526. The van der Waals surface area contributed by atoms with Crippen LogP contribution in [0.1, 0.15) is 15.9 Å². The predicted molar refractivity (Wildman–Crippen MR) is 109 cm³/mol. The van der Waals surface area contributed by atoms with E-state index in [9.17, 15) is 9.18 Å². The number of hydrazone groups is 1. The van der Waals surface area contributed by atoms with Crippen LogP contribution >= 0.6 is 27.5 Å². The Bertz CT molecular complexity index is 1080. The molecular formula is C19H13BrClFN4O3. The molecule has 0 saturated carbocycles. The van der Waals surface area contributed by atoms with Crippen molar-refractivity contribution < 1.29 is 18.7 Å². The van der Waals surface area contributed by atoms with Crippen molar-refractivity contribution in [2.45, 2.75) is 0 Å². The Morgan fingerprint density at radius 1 is 1.28 bits per heavy atom. The minimum Gasteiger partial charge on any atom is -0.493 e. The van der Waals surface area contributed by atoms with Gasteiger partial charge in [-0.2, -0.15) is 14.5 Å². The molecule has 10 heteroatoms. The lowest BCUT2D eigenvalue weighted by Crippen LogP contribution is -2.18. The Morgan fingerprint density at radius 3 is 2.83 bits per heavy atom. The second-order valence-corrected chi connectivity index (χ2v) is 6.68. The first-order chi connectivity index (χ1) is 14.0. The molecule has 148 valence electrons. The highest BCUT2D eigenvalue weighted by Crippen LogP contribution is 2.32. The molecule has 7 nitrogen and oxygen atoms in total. The van der Waals surface area contributed by atoms with E-state index in [1.54, 1.807) is 42.5 Å². The van der Waals surface area contributed by atoms with Crippen molar-refractivity contribution in [3.8, 4) is 17.4 Å². The summed E-state index contributed by atoms with van der Waals surface area (Å²) < 4.78 is 25.1. The summed E-state index contributed by atoms with van der Waals surface area (Å²) in [6, 6.07) is 11.8. The number of benzene rings is 2. The minimum absolute atomic E-state index is 0.148. The zero-order valence-corrected chi connectivity index (χ0v) is 17.2. The molecule has 1 aromatic heterocycles. The highest BCUT2D eigenvalue weighted by molar-refractivity contribution is 9.10. The summed E-state index contributed by atoms with van der Waals surface area (Å²) in [6.07, 6.45) is 2.34. The second kappa shape index (κ2) is 9.44. The standard InChI is InChI=1S/C19H13BrClFN4O3/c1-28-16-8-11(9-24-26-17(27)12-4-2-3-5-13(12)20)6-7-15(16)29-18-14(22)10-23-19(21)25-18/h2-10H,1H3,(H,26,27). The minimum atomic E-state index is -0.767. The number of nitrogens with one attached hydrogen (secondary N) is 1. The third-order valence-electron chi connectivity index (χ3n) is 3.58. The third kappa shape index (κ3) is 5.27. The second-order valence-electron chi connectivity index (χ2n) is 5.48. The summed E-state index contributed by atoms with van der Waals surface area (Å²) in [6.45, 7) is 0. The molecule has 0 saturated heterocycles. The van der Waals surface area contributed by atoms with Gasteiger partial charge in [0.05, 0.1) is 25.1 Å². The van der Waals surface area contributed by atoms with Crippen molar-refractivity contribution >= 4 is 39.7 Å². The van der Waals surface area contributed by atoms with Gasteiger partial charge in [-0.05, 0) is 63.4 Å². The Morgan fingerprint density at radius 2 is 2.07 bits per heavy atom. The maximum Gasteiger partial charge on any atom is 0.272 e. The summed E-state index contributed by atoms with van der Waals surface area (Å²) in [5.74, 6) is -0.935. The van der Waals surface area contributed by atoms with Gasteiger partial charge in [0.15, 0.2) is 11.5 Å². The Labute approximate surface area is 178 Å². The molecule has 0 aliphatic carbocycles. The fourth-order valence-electron chi connectivity index (χ4n) is 2.23. The molecule has 3 aromatic rings. The first-order valence-electron chi connectivity index (χ1n) is 8.10. The van der Waals surface area contributed by atoms with Gasteiger partial charge in [-0.3, -0.25) is 4.79 Å². The molecule has 0 aliphatic rings. The molecule has 0 aliphatic heterocycles. The number of hydrogen-bond acceptors (Lipinski definition) is 6. The number of carbonyl (C=O) groups excluding carboxylic acids is 1. The van der Waals surface area contributed by atoms with Crippen molar-refractivity contribution in [2.75, 3.05) is 7.11 Å². The Kier molecular flexibility index (Phi) is 6.73. The van der Waals surface area contributed by atoms with E-state index in [0.29, 0.717) is 21.3 Å². The first kappa shape index (κ1) is 20.7. The number of nitrogens with zero attached hydrogens (tertiary/aromatic N) is 3. The van der Waals surface area contributed by atoms with Crippen LogP contribution in [0.5, 0.6) is 17.4 Å². The average molecular weight is 480 g/mol. The van der Waals surface area contributed by atoms with Gasteiger partial charge in [0.25, 0.3) is 11.8 Å². The van der Waals surface area contributed by atoms with E-state index < -0.39 is 5.82 Å². The van der Waals surface area contributed by atoms with E-state index in [-0.39, 0.29) is 22.8 Å². The van der Waals surface area contributed by atoms with Crippen molar-refractivity contribution in [3.05, 3.63) is 75.4 Å². The van der Waals surface area contributed by atoms with Crippen LogP contribution in [0.25, 0.3) is 0 Å². The van der Waals surface area contributed by atoms with Crippen molar-refractivity contribution in [3.63, 3.8) is 0 Å². The maximum atomic E-state index is 13.8. The number of halogens is 3. The van der Waals surface area contributed by atoms with E-state index in [4.69, 9.17) is 21.1 Å². The van der Waals surface area contributed by atoms with Crippen LogP contribution in [-0.4, -0.2) is 29.2 Å². The van der Waals surface area contributed by atoms with Gasteiger partial charge in [0, 0.05) is 4.47 Å². The zero-order valence-electron chi connectivity index (χ0n) is 14.9. The van der Waals surface area contributed by atoms with Crippen LogP contribution in [0.2, 0.25) is 5.28 Å². The number of hydrogen-bond donors (Lipinski definition) is 1. The van der Waals surface area contributed by atoms with Crippen LogP contribution < -0.4 is 14.9 Å². The Balaban J connectivity index is 1.73. The summed E-state index contributed by atoms with van der Waals surface area (Å²) in [5, 5.41) is 3.79. The maximum absolute atomic E-state index is 13.8. The van der Waals surface area contributed by atoms with Crippen LogP contribution in [0.3, 0.4) is 0 Å². The van der Waals surface area contributed by atoms with Crippen molar-refractivity contribution in [2.24, 2.45) is 5.10 Å². The fourth-order valence-corrected chi connectivity index (χ4v) is 2.82. The van der Waals surface area contributed by atoms with E-state index in [1.807, 2.05) is 0 Å². The number of aromatic nitrogens is 2. The van der Waals surface area contributed by atoms with E-state index in [0.717, 1.165) is 6.20 Å². The van der Waals surface area contributed by atoms with Crippen molar-refractivity contribution in [1.82, 2.24) is 15.4 Å². The first-order valence-corrected chi connectivity index (χ1v) is 9.27. The molecule has 29 heavy (non-hydrogen) atoms. The van der Waals surface area contributed by atoms with Gasteiger partial charge in [-0.1, -0.05) is 12.1 Å². The molecule has 0 spiro atoms. The number of amides is 1. The van der Waals surface area contributed by atoms with E-state index in [1.165, 1.54) is 13.3 Å². The summed E-state index contributed by atoms with van der Waals surface area (Å²) in [5.41, 5.74) is 3.51. The Hall–Kier alpha value is -3.04. The van der Waals surface area contributed by atoms with Gasteiger partial charge in [0.1, 0.15) is 0 Å². The monoisotopic (exact) mass is 478 g/mol. The van der Waals surface area contributed by atoms with Gasteiger partial charge >= 0.3 is 0 Å². The van der Waals surface area contributed by atoms with E-state index in [2.05, 4.69) is 36.4 Å². The lowest BCUT2D eigenvalue weighted by Gasteiger charge is -2.10. The normalized spacial score (nSPS) is 10.8. The van der Waals surface area contributed by atoms with Crippen LogP contribution in [0, 0.1) is 5.82 Å². The van der Waals surface area contributed by atoms with Crippen LogP contribution in [0.4, 0.5) is 4.39 Å². The summed E-state index contributed by atoms with van der Waals surface area (Å²) >= 11 is 8.97. The largest absolute Gasteiger partial charge is 0.493 e. The van der Waals surface area contributed by atoms with E-state index >= 15 is 0 Å². The molecule has 1 N–H and O–H groups in total. The van der Waals surface area contributed by atoms with Gasteiger partial charge in [-0.15, -0.1) is 0 Å². The lowest BCUT2D eigenvalue weighted by atomic mass is 10.2. The summed E-state index contributed by atoms with van der Waals surface area (Å²) in [7, 11) is 1.43. The molecule has 3 rings (SSSR count). The quantitative estimate of drug-likeness (QED) is 0.317. The van der Waals surface area contributed by atoms with Crippen molar-refractivity contribution in [1.29, 1.82) is 0 Å². The lowest BCUT2D eigenvalue weighted by molar-refractivity contribution is 0.0954. The van der Waals surface area contributed by atoms with Gasteiger partial charge in [-0.25, -0.2) is 10.4 Å². The molecular weight excluding hydrogens is 467 g/mol. The summed E-state index contributed by atoms with van der Waals surface area (Å²) in [4.78, 5) is 19.4. The highest BCUT2D eigenvalue weighted by atomic mass is 79.9. The molecule has 1 heterocycles. The molecule has 0 fully saturated rings. The molecule has 2 aromatic carbocycles. The van der Waals surface area contributed by atoms with Gasteiger partial charge in [0.2, 0.25) is 11.1 Å². The topological polar surface area (TPSA) is 85.7 Å². The number of ether oxygens (including phenoxy) is 2. The predicted octanol–water partition coefficient (Wildman–Crippen LogP) is 4.60. The van der Waals surface area contributed by atoms with Crippen LogP contribution in [0.15, 0.2) is 58.2 Å². The average Bonchev–Trinajstić information content (AvgIpc) is 2.71. The number of rotatable bonds is 6. The SMILES string of the molecule is COc1cc(C=NNC(=O)c2ccccc2Br)ccc1Oc1nc(Cl)ncc1F. The van der Waals surface area contributed by atoms with Gasteiger partial charge < -0.3 is 9.47 Å². The third-order valence-corrected chi connectivity index (χ3v) is 4.45. The number of carbonyl (C=O) groups is 1. The molecule has 0 radical (unpaired) electrons. The highest BCUT2D eigenvalue weighted by Gasteiger charge is 2.13.